The van der Waals surface area contributed by atoms with Crippen LogP contribution in [0.15, 0.2) is 54.6 Å². The summed E-state index contributed by atoms with van der Waals surface area (Å²) >= 11 is 6.75. The summed E-state index contributed by atoms with van der Waals surface area (Å²) in [5, 5.41) is 43.1. The number of aromatic amines is 1. The Morgan fingerprint density at radius 1 is 1.04 bits per heavy atom. The number of carbonyl (C=O) groups is 1. The Bertz CT molecular complexity index is 1780. The fraction of sp³-hybridized carbons (Fsp3) is 0.457. The van der Waals surface area contributed by atoms with Crippen LogP contribution < -0.4 is 14.4 Å². The molecule has 1 aromatic heterocycles. The first-order valence-electron chi connectivity index (χ1n) is 16.3. The molecule has 0 spiro atoms. The van der Waals surface area contributed by atoms with Crippen LogP contribution in [0.4, 0.5) is 5.69 Å². The van der Waals surface area contributed by atoms with Gasteiger partial charge in [-0.25, -0.2) is 0 Å². The number of H-pyrrole nitrogens is 1. The molecule has 7 rings (SSSR count). The highest BCUT2D eigenvalue weighted by molar-refractivity contribution is 6.22. The number of amides is 1. The summed E-state index contributed by atoms with van der Waals surface area (Å²) in [6.45, 7) is 6.27. The molecule has 4 heterocycles. The maximum atomic E-state index is 14.2. The minimum absolute atomic E-state index is 0.187. The molecule has 13 heteroatoms. The standard InChI is InChI=1S/C35H40ClN3O9/c1-19(36)24-17-39(34(44)26-15-20-14-21(6-7-25(20)37-26)46-13-10-38-8-11-45-12-9-38)27-16-28(22-4-2-3-5-23(22)30(24)27)47-35-33(43)32(42)31(41)29(18-40)48-35/h2-7,14-16,19,24,29,31-33,35,37,40-43H,8-13,17-18H2,1H3/t19-,24+,29-,31+,32+,33-,35-/m1/s1. The van der Waals surface area contributed by atoms with Gasteiger partial charge in [-0.15, -0.1) is 11.6 Å². The number of morpholine rings is 1. The quantitative estimate of drug-likeness (QED) is 0.166. The van der Waals surface area contributed by atoms with Crippen molar-refractivity contribution in [1.29, 1.82) is 0 Å². The number of hydrogen-bond donors (Lipinski definition) is 5. The minimum atomic E-state index is -1.60. The summed E-state index contributed by atoms with van der Waals surface area (Å²) < 4.78 is 23.3. The average molecular weight is 682 g/mol. The van der Waals surface area contributed by atoms with Gasteiger partial charge in [0.05, 0.1) is 25.5 Å². The lowest BCUT2D eigenvalue weighted by Gasteiger charge is -2.39. The van der Waals surface area contributed by atoms with E-state index in [1.54, 1.807) is 11.0 Å². The van der Waals surface area contributed by atoms with E-state index in [0.717, 1.165) is 60.5 Å². The fourth-order valence-electron chi connectivity index (χ4n) is 6.88. The molecule has 3 aromatic carbocycles. The van der Waals surface area contributed by atoms with Gasteiger partial charge in [0, 0.05) is 59.8 Å². The van der Waals surface area contributed by atoms with Gasteiger partial charge in [-0.1, -0.05) is 24.3 Å². The first kappa shape index (κ1) is 33.1. The second kappa shape index (κ2) is 13.8. The van der Waals surface area contributed by atoms with Crippen LogP contribution >= 0.6 is 11.6 Å². The lowest BCUT2D eigenvalue weighted by Crippen LogP contribution is -2.60. The minimum Gasteiger partial charge on any atom is -0.492 e. The van der Waals surface area contributed by atoms with E-state index in [4.69, 9.17) is 30.5 Å². The monoisotopic (exact) mass is 681 g/mol. The maximum absolute atomic E-state index is 14.2. The number of rotatable bonds is 9. The van der Waals surface area contributed by atoms with Crippen molar-refractivity contribution in [2.75, 3.05) is 57.5 Å². The number of nitrogens with one attached hydrogen (secondary N) is 1. The van der Waals surface area contributed by atoms with Crippen LogP contribution in [-0.4, -0.2) is 125 Å². The van der Waals surface area contributed by atoms with Crippen molar-refractivity contribution in [1.82, 2.24) is 9.88 Å². The number of aromatic nitrogens is 1. The van der Waals surface area contributed by atoms with Gasteiger partial charge in [-0.2, -0.15) is 0 Å². The first-order valence-corrected chi connectivity index (χ1v) is 16.7. The van der Waals surface area contributed by atoms with Gasteiger partial charge < -0.3 is 49.3 Å². The molecule has 2 fully saturated rings. The van der Waals surface area contributed by atoms with Crippen LogP contribution in [-0.2, 0) is 9.47 Å². The average Bonchev–Trinajstić information content (AvgIpc) is 3.71. The number of aliphatic hydroxyl groups is 4. The Kier molecular flexibility index (Phi) is 9.51. The van der Waals surface area contributed by atoms with Crippen LogP contribution in [0.25, 0.3) is 21.7 Å². The number of aliphatic hydroxyl groups excluding tert-OH is 4. The first-order chi connectivity index (χ1) is 23.2. The van der Waals surface area contributed by atoms with Gasteiger partial charge in [0.15, 0.2) is 0 Å². The van der Waals surface area contributed by atoms with Crippen LogP contribution in [0.3, 0.4) is 0 Å². The molecule has 0 radical (unpaired) electrons. The van der Waals surface area contributed by atoms with Crippen LogP contribution in [0.1, 0.15) is 28.9 Å². The number of ether oxygens (including phenoxy) is 4. The summed E-state index contributed by atoms with van der Waals surface area (Å²) in [4.78, 5) is 21.5. The molecule has 5 N–H and O–H groups in total. The van der Waals surface area contributed by atoms with Crippen molar-refractivity contribution in [3.05, 3.63) is 65.9 Å². The van der Waals surface area contributed by atoms with Gasteiger partial charge in [0.2, 0.25) is 6.29 Å². The van der Waals surface area contributed by atoms with Crippen LogP contribution in [0, 0.1) is 0 Å². The van der Waals surface area contributed by atoms with Gasteiger partial charge in [0.1, 0.15) is 48.2 Å². The number of carbonyl (C=O) groups excluding carboxylic acids is 1. The highest BCUT2D eigenvalue weighted by atomic mass is 35.5. The van der Waals surface area contributed by atoms with Crippen molar-refractivity contribution in [3.63, 3.8) is 0 Å². The van der Waals surface area contributed by atoms with Gasteiger partial charge in [-0.3, -0.25) is 9.69 Å². The Morgan fingerprint density at radius 2 is 1.81 bits per heavy atom. The second-order valence-corrected chi connectivity index (χ2v) is 13.3. The zero-order chi connectivity index (χ0) is 33.5. The molecule has 48 heavy (non-hydrogen) atoms. The second-order valence-electron chi connectivity index (χ2n) is 12.6. The van der Waals surface area contributed by atoms with E-state index in [0.29, 0.717) is 35.7 Å². The highest BCUT2D eigenvalue weighted by Crippen LogP contribution is 2.48. The van der Waals surface area contributed by atoms with E-state index in [1.807, 2.05) is 55.5 Å². The maximum Gasteiger partial charge on any atom is 0.274 e. The van der Waals surface area contributed by atoms with Crippen LogP contribution in [0.2, 0.25) is 0 Å². The largest absolute Gasteiger partial charge is 0.492 e. The third-order valence-corrected chi connectivity index (χ3v) is 9.87. The Labute approximate surface area is 282 Å². The van der Waals surface area contributed by atoms with Gasteiger partial charge >= 0.3 is 0 Å². The van der Waals surface area contributed by atoms with Crippen molar-refractivity contribution >= 4 is 44.9 Å². The van der Waals surface area contributed by atoms with Crippen molar-refractivity contribution in [2.45, 2.75) is 48.9 Å². The third kappa shape index (κ3) is 6.23. The number of fused-ring (bicyclic) bond motifs is 4. The van der Waals surface area contributed by atoms with Crippen molar-refractivity contribution in [2.24, 2.45) is 0 Å². The zero-order valence-electron chi connectivity index (χ0n) is 26.5. The lowest BCUT2D eigenvalue weighted by atomic mass is 9.92. The van der Waals surface area contributed by atoms with Crippen molar-refractivity contribution < 1.29 is 44.2 Å². The molecule has 0 bridgehead atoms. The number of halogens is 1. The summed E-state index contributed by atoms with van der Waals surface area (Å²) in [7, 11) is 0. The molecule has 0 unspecified atom stereocenters. The third-order valence-electron chi connectivity index (χ3n) is 9.56. The van der Waals surface area contributed by atoms with E-state index in [-0.39, 0.29) is 17.2 Å². The normalized spacial score (nSPS) is 26.9. The van der Waals surface area contributed by atoms with E-state index in [9.17, 15) is 25.2 Å². The van der Waals surface area contributed by atoms with Gasteiger partial charge in [-0.05, 0) is 42.1 Å². The van der Waals surface area contributed by atoms with E-state index in [2.05, 4.69) is 9.88 Å². The molecular formula is C35H40ClN3O9. The fourth-order valence-corrected chi connectivity index (χ4v) is 7.09. The summed E-state index contributed by atoms with van der Waals surface area (Å²) in [6.07, 6.45) is -7.24. The molecule has 2 saturated heterocycles. The molecule has 7 atom stereocenters. The summed E-state index contributed by atoms with van der Waals surface area (Å²) in [5.41, 5.74) is 2.69. The number of benzene rings is 3. The SMILES string of the molecule is C[C@@H](Cl)[C@@H]1CN(C(=O)c2cc3cc(OCCN4CCOCC4)ccc3[nH]2)c2cc(O[C@@H]3O[C@H](CO)[C@H](O)[C@H](O)[C@H]3O)c3ccccc3c21. The molecule has 0 aliphatic carbocycles. The molecule has 12 nitrogen and oxygen atoms in total. The van der Waals surface area contributed by atoms with E-state index >= 15 is 0 Å². The summed E-state index contributed by atoms with van der Waals surface area (Å²) in [6, 6.07) is 16.8. The number of anilines is 1. The number of alkyl halides is 1. The molecule has 3 aliphatic rings. The smallest absolute Gasteiger partial charge is 0.274 e. The Hall–Kier alpha value is -3.46. The number of nitrogens with zero attached hydrogens (tertiary/aromatic N) is 2. The molecule has 4 aromatic rings. The predicted octanol–water partition coefficient (Wildman–Crippen LogP) is 2.58. The summed E-state index contributed by atoms with van der Waals surface area (Å²) in [5.74, 6) is 0.575. The molecular weight excluding hydrogens is 642 g/mol. The van der Waals surface area contributed by atoms with E-state index in [1.165, 1.54) is 0 Å². The molecule has 3 aliphatic heterocycles. The lowest BCUT2D eigenvalue weighted by molar-refractivity contribution is -0.277. The van der Waals surface area contributed by atoms with Gasteiger partial charge in [0.25, 0.3) is 5.91 Å². The van der Waals surface area contributed by atoms with Crippen LogP contribution in [0.5, 0.6) is 11.5 Å². The topological polar surface area (TPSA) is 157 Å². The van der Waals surface area contributed by atoms with E-state index < -0.39 is 37.3 Å². The predicted molar refractivity (Wildman–Crippen MR) is 179 cm³/mol. The zero-order valence-corrected chi connectivity index (χ0v) is 27.3. The van der Waals surface area contributed by atoms with Crippen molar-refractivity contribution in [3.8, 4) is 11.5 Å². The Balaban J connectivity index is 1.18. The molecule has 1 amide bonds. The molecule has 0 saturated carbocycles. The highest BCUT2D eigenvalue weighted by Gasteiger charge is 2.45. The Morgan fingerprint density at radius 3 is 2.56 bits per heavy atom. The molecule has 256 valence electrons. The number of hydrogen-bond acceptors (Lipinski definition) is 10.